The number of rotatable bonds is 2. The third kappa shape index (κ3) is 3.18. The number of benzene rings is 1. The Morgan fingerprint density at radius 1 is 1.23 bits per heavy atom. The van der Waals surface area contributed by atoms with Gasteiger partial charge in [0.1, 0.15) is 0 Å². The third-order valence-corrected chi connectivity index (χ3v) is 2.38. The molecule has 0 aliphatic carbocycles. The molecule has 0 radical (unpaired) electrons. The van der Waals surface area contributed by atoms with Crippen molar-refractivity contribution in [3.8, 4) is 0 Å². The van der Waals surface area contributed by atoms with Gasteiger partial charge in [0, 0.05) is 16.5 Å². The van der Waals surface area contributed by atoms with Gasteiger partial charge in [-0.05, 0) is 31.5 Å². The maximum atomic E-state index is 9.60. The Kier molecular flexibility index (Phi) is 3.23. The van der Waals surface area contributed by atoms with E-state index in [1.54, 1.807) is 32.0 Å². The van der Waals surface area contributed by atoms with Gasteiger partial charge < -0.3 is 5.11 Å². The lowest BCUT2D eigenvalue weighted by Gasteiger charge is -2.18. The molecule has 0 aliphatic heterocycles. The van der Waals surface area contributed by atoms with Crippen molar-refractivity contribution in [2.75, 3.05) is 0 Å². The van der Waals surface area contributed by atoms with Gasteiger partial charge in [0.15, 0.2) is 0 Å². The lowest BCUT2D eigenvalue weighted by molar-refractivity contribution is 0.0810. The number of halogens is 2. The fourth-order valence-electron chi connectivity index (χ4n) is 1.13. The van der Waals surface area contributed by atoms with Crippen molar-refractivity contribution in [1.82, 2.24) is 0 Å². The van der Waals surface area contributed by atoms with Crippen LogP contribution in [0.4, 0.5) is 0 Å². The molecule has 0 fully saturated rings. The fraction of sp³-hybridized carbons (Fsp3) is 0.400. The Balaban J connectivity index is 3.00. The van der Waals surface area contributed by atoms with Crippen molar-refractivity contribution in [1.29, 1.82) is 0 Å². The van der Waals surface area contributed by atoms with E-state index in [-0.39, 0.29) is 0 Å². The summed E-state index contributed by atoms with van der Waals surface area (Å²) in [6, 6.07) is 5.33. The number of hydrogen-bond acceptors (Lipinski definition) is 1. The maximum Gasteiger partial charge on any atom is 0.0633 e. The molecule has 0 aliphatic rings. The molecule has 1 aromatic carbocycles. The van der Waals surface area contributed by atoms with Gasteiger partial charge in [0.05, 0.1) is 5.60 Å². The van der Waals surface area contributed by atoms with Crippen LogP contribution in [0.5, 0.6) is 0 Å². The Hall–Kier alpha value is -0.240. The van der Waals surface area contributed by atoms with Crippen LogP contribution in [-0.2, 0) is 6.42 Å². The standard InChI is InChI=1S/C10H12Cl2O/c1-10(2,13)6-7-8(11)4-3-5-9(7)12/h3-5,13H,6H2,1-2H3. The molecule has 0 spiro atoms. The summed E-state index contributed by atoms with van der Waals surface area (Å²) in [5.41, 5.74) is 0.0209. The van der Waals surface area contributed by atoms with Crippen LogP contribution < -0.4 is 0 Å². The average molecular weight is 219 g/mol. The van der Waals surface area contributed by atoms with Crippen LogP contribution in [0.1, 0.15) is 19.4 Å². The molecule has 13 heavy (non-hydrogen) atoms. The normalized spacial score (nSPS) is 11.8. The van der Waals surface area contributed by atoms with Gasteiger partial charge in [-0.25, -0.2) is 0 Å². The first-order valence-electron chi connectivity index (χ1n) is 4.05. The fourth-order valence-corrected chi connectivity index (χ4v) is 1.66. The summed E-state index contributed by atoms with van der Waals surface area (Å²) in [6.07, 6.45) is 0.464. The maximum absolute atomic E-state index is 9.60. The molecule has 1 nitrogen and oxygen atoms in total. The van der Waals surface area contributed by atoms with Crippen LogP contribution in [0.3, 0.4) is 0 Å². The van der Waals surface area contributed by atoms with Gasteiger partial charge in [0.2, 0.25) is 0 Å². The molecule has 0 bridgehead atoms. The van der Waals surface area contributed by atoms with Crippen LogP contribution in [0.15, 0.2) is 18.2 Å². The molecule has 0 aromatic heterocycles. The lowest BCUT2D eigenvalue weighted by Crippen LogP contribution is -2.22. The third-order valence-electron chi connectivity index (χ3n) is 1.67. The average Bonchev–Trinajstić information content (AvgIpc) is 1.95. The van der Waals surface area contributed by atoms with Crippen molar-refractivity contribution in [2.45, 2.75) is 25.9 Å². The van der Waals surface area contributed by atoms with Gasteiger partial charge in [0.25, 0.3) is 0 Å². The molecule has 1 N–H and O–H groups in total. The van der Waals surface area contributed by atoms with Crippen molar-refractivity contribution in [3.05, 3.63) is 33.8 Å². The zero-order valence-corrected chi connectivity index (χ0v) is 9.15. The van der Waals surface area contributed by atoms with Crippen LogP contribution in [0.2, 0.25) is 10.0 Å². The van der Waals surface area contributed by atoms with Gasteiger partial charge >= 0.3 is 0 Å². The van der Waals surface area contributed by atoms with E-state index < -0.39 is 5.60 Å². The number of aliphatic hydroxyl groups is 1. The topological polar surface area (TPSA) is 20.2 Å². The molecular weight excluding hydrogens is 207 g/mol. The highest BCUT2D eigenvalue weighted by Crippen LogP contribution is 2.27. The second-order valence-corrected chi connectivity index (χ2v) is 4.50. The van der Waals surface area contributed by atoms with E-state index >= 15 is 0 Å². The minimum atomic E-state index is -0.783. The predicted octanol–water partition coefficient (Wildman–Crippen LogP) is 3.31. The smallest absolute Gasteiger partial charge is 0.0633 e. The van der Waals surface area contributed by atoms with Crippen LogP contribution in [0.25, 0.3) is 0 Å². The second kappa shape index (κ2) is 3.87. The predicted molar refractivity (Wildman–Crippen MR) is 56.5 cm³/mol. The quantitative estimate of drug-likeness (QED) is 0.808. The summed E-state index contributed by atoms with van der Waals surface area (Å²) < 4.78 is 0. The minimum Gasteiger partial charge on any atom is -0.390 e. The summed E-state index contributed by atoms with van der Waals surface area (Å²) >= 11 is 11.9. The summed E-state index contributed by atoms with van der Waals surface area (Å²) in [5, 5.41) is 10.8. The Bertz CT molecular complexity index is 282. The first-order chi connectivity index (χ1) is 5.90. The second-order valence-electron chi connectivity index (χ2n) is 3.69. The molecule has 1 aromatic rings. The van der Waals surface area contributed by atoms with Gasteiger partial charge in [-0.15, -0.1) is 0 Å². The SMILES string of the molecule is CC(C)(O)Cc1c(Cl)cccc1Cl. The van der Waals surface area contributed by atoms with Crippen LogP contribution in [-0.4, -0.2) is 10.7 Å². The lowest BCUT2D eigenvalue weighted by atomic mass is 9.99. The number of hydrogen-bond donors (Lipinski definition) is 1. The Morgan fingerprint density at radius 2 is 1.69 bits per heavy atom. The molecule has 72 valence electrons. The monoisotopic (exact) mass is 218 g/mol. The molecule has 0 unspecified atom stereocenters. The zero-order chi connectivity index (χ0) is 10.1. The Morgan fingerprint density at radius 3 is 2.08 bits per heavy atom. The molecule has 0 atom stereocenters. The van der Waals surface area contributed by atoms with Gasteiger partial charge in [-0.1, -0.05) is 29.3 Å². The summed E-state index contributed by atoms with van der Waals surface area (Å²) in [5.74, 6) is 0. The van der Waals surface area contributed by atoms with Crippen molar-refractivity contribution in [3.63, 3.8) is 0 Å². The highest BCUT2D eigenvalue weighted by Gasteiger charge is 2.17. The van der Waals surface area contributed by atoms with Crippen molar-refractivity contribution >= 4 is 23.2 Å². The van der Waals surface area contributed by atoms with E-state index in [9.17, 15) is 5.11 Å². The molecule has 0 saturated heterocycles. The zero-order valence-electron chi connectivity index (χ0n) is 7.64. The van der Waals surface area contributed by atoms with Crippen molar-refractivity contribution in [2.24, 2.45) is 0 Å². The molecule has 0 amide bonds. The van der Waals surface area contributed by atoms with E-state index in [0.717, 1.165) is 5.56 Å². The first kappa shape index (κ1) is 10.8. The molecular formula is C10H12Cl2O. The molecule has 0 saturated carbocycles. The first-order valence-corrected chi connectivity index (χ1v) is 4.81. The van der Waals surface area contributed by atoms with E-state index in [1.165, 1.54) is 0 Å². The highest BCUT2D eigenvalue weighted by atomic mass is 35.5. The minimum absolute atomic E-state index is 0.464. The Labute approximate surface area is 88.3 Å². The summed E-state index contributed by atoms with van der Waals surface area (Å²) in [7, 11) is 0. The molecule has 1 rings (SSSR count). The molecule has 0 heterocycles. The van der Waals surface area contributed by atoms with E-state index in [0.29, 0.717) is 16.5 Å². The van der Waals surface area contributed by atoms with E-state index in [4.69, 9.17) is 23.2 Å². The highest BCUT2D eigenvalue weighted by molar-refractivity contribution is 6.36. The summed E-state index contributed by atoms with van der Waals surface area (Å²) in [4.78, 5) is 0. The van der Waals surface area contributed by atoms with Gasteiger partial charge in [-0.2, -0.15) is 0 Å². The van der Waals surface area contributed by atoms with Crippen LogP contribution in [0, 0.1) is 0 Å². The molecule has 3 heteroatoms. The van der Waals surface area contributed by atoms with Gasteiger partial charge in [-0.3, -0.25) is 0 Å². The largest absolute Gasteiger partial charge is 0.390 e. The van der Waals surface area contributed by atoms with Crippen molar-refractivity contribution < 1.29 is 5.11 Å². The summed E-state index contributed by atoms with van der Waals surface area (Å²) in [6.45, 7) is 3.46. The van der Waals surface area contributed by atoms with Crippen LogP contribution >= 0.6 is 23.2 Å². The van der Waals surface area contributed by atoms with E-state index in [1.807, 2.05) is 0 Å². The van der Waals surface area contributed by atoms with E-state index in [2.05, 4.69) is 0 Å².